The van der Waals surface area contributed by atoms with Crippen LogP contribution in [0.15, 0.2) is 128 Å². The predicted molar refractivity (Wildman–Crippen MR) is 191 cm³/mol. The van der Waals surface area contributed by atoms with Crippen molar-refractivity contribution in [3.63, 3.8) is 0 Å². The molecular weight excluding hydrogens is 582 g/mol. The van der Waals surface area contributed by atoms with Gasteiger partial charge in [0, 0.05) is 38.3 Å². The summed E-state index contributed by atoms with van der Waals surface area (Å²) >= 11 is 0. The first-order valence-corrected chi connectivity index (χ1v) is 15.8. The van der Waals surface area contributed by atoms with Crippen LogP contribution in [0, 0.1) is 5.41 Å². The van der Waals surface area contributed by atoms with E-state index < -0.39 is 0 Å². The summed E-state index contributed by atoms with van der Waals surface area (Å²) in [5.41, 5.74) is 21.0. The molecule has 7 N–H and O–H groups in total. The Hall–Kier alpha value is -5.21. The van der Waals surface area contributed by atoms with E-state index in [1.54, 1.807) is 12.1 Å². The average molecular weight is 626 g/mol. The van der Waals surface area contributed by atoms with Crippen LogP contribution in [-0.2, 0) is 39.4 Å². The fraction of sp³-hybridized carbons (Fsp3) is 0.175. The predicted octanol–water partition coefficient (Wildman–Crippen LogP) is 6.68. The molecule has 240 valence electrons. The number of ether oxygens (including phenoxy) is 2. The molecule has 0 aromatic heterocycles. The maximum Gasteiger partial charge on any atom is 0.122 e. The Labute approximate surface area is 277 Å². The van der Waals surface area contributed by atoms with Gasteiger partial charge in [-0.3, -0.25) is 5.41 Å². The topological polar surface area (TPSA) is 118 Å². The van der Waals surface area contributed by atoms with Crippen molar-refractivity contribution >= 4 is 11.4 Å². The highest BCUT2D eigenvalue weighted by atomic mass is 16.5. The van der Waals surface area contributed by atoms with Crippen molar-refractivity contribution in [2.45, 2.75) is 39.4 Å². The van der Waals surface area contributed by atoms with Gasteiger partial charge in [0.25, 0.3) is 0 Å². The van der Waals surface area contributed by atoms with E-state index in [-0.39, 0.29) is 5.84 Å². The van der Waals surface area contributed by atoms with Gasteiger partial charge in [-0.05, 0) is 80.9 Å². The smallest absolute Gasteiger partial charge is 0.122 e. The zero-order valence-electron chi connectivity index (χ0n) is 26.7. The molecular formula is C40H43N5O2. The van der Waals surface area contributed by atoms with Gasteiger partial charge in [0.15, 0.2) is 0 Å². The first-order valence-electron chi connectivity index (χ1n) is 15.8. The van der Waals surface area contributed by atoms with Crippen LogP contribution < -0.4 is 31.6 Å². The van der Waals surface area contributed by atoms with Crippen molar-refractivity contribution in [3.8, 4) is 11.5 Å². The van der Waals surface area contributed by atoms with Crippen molar-refractivity contribution in [2.24, 2.45) is 11.5 Å². The lowest BCUT2D eigenvalue weighted by atomic mass is 10.1. The van der Waals surface area contributed by atoms with Gasteiger partial charge in [-0.25, -0.2) is 0 Å². The third kappa shape index (κ3) is 10.4. The minimum atomic E-state index is 0.0516. The maximum atomic E-state index is 7.51. The molecule has 5 aromatic rings. The molecule has 0 unspecified atom stereocenters. The molecule has 0 aliphatic rings. The average Bonchev–Trinajstić information content (AvgIpc) is 3.11. The van der Waals surface area contributed by atoms with Crippen LogP contribution in [0.25, 0.3) is 5.57 Å². The van der Waals surface area contributed by atoms with Crippen LogP contribution in [0.3, 0.4) is 0 Å². The zero-order chi connectivity index (χ0) is 32.8. The standard InChI is InChI=1S/C40H43N5O2/c1-29(22-41)36-12-16-38(17-13-36)46-27-34-6-2-4-32(20-34)25-44-23-30-8-10-31(11-9-30)24-45-26-33-5-3-7-35(21-33)28-47-39-18-14-37(15-19-39)40(42)43/h2-21,44-45H,1,22-28,41H2,(H3,42,43). The Morgan fingerprint density at radius 2 is 0.957 bits per heavy atom. The van der Waals surface area contributed by atoms with Crippen LogP contribution in [-0.4, -0.2) is 12.4 Å². The Balaban J connectivity index is 1.01. The van der Waals surface area contributed by atoms with Crippen molar-refractivity contribution < 1.29 is 9.47 Å². The zero-order valence-corrected chi connectivity index (χ0v) is 26.7. The summed E-state index contributed by atoms with van der Waals surface area (Å²) in [4.78, 5) is 0. The van der Waals surface area contributed by atoms with Gasteiger partial charge < -0.3 is 31.6 Å². The third-order valence-corrected chi connectivity index (χ3v) is 7.81. The molecule has 0 bridgehead atoms. The van der Waals surface area contributed by atoms with E-state index >= 15 is 0 Å². The molecule has 0 saturated heterocycles. The van der Waals surface area contributed by atoms with Crippen molar-refractivity contribution in [1.82, 2.24) is 10.6 Å². The SMILES string of the molecule is C=C(CN)c1ccc(OCc2cccc(CNCc3ccc(CNCc4cccc(COc5ccc(C(=N)N)cc5)c4)cc3)c2)cc1. The number of rotatable bonds is 17. The summed E-state index contributed by atoms with van der Waals surface area (Å²) in [6, 6.07) is 40.8. The van der Waals surface area contributed by atoms with E-state index in [4.69, 9.17) is 26.4 Å². The molecule has 0 aliphatic heterocycles. The second-order valence-corrected chi connectivity index (χ2v) is 11.5. The third-order valence-electron chi connectivity index (χ3n) is 7.81. The Morgan fingerprint density at radius 1 is 0.553 bits per heavy atom. The second kappa shape index (κ2) is 16.9. The van der Waals surface area contributed by atoms with Crippen LogP contribution in [0.2, 0.25) is 0 Å². The Kier molecular flexibility index (Phi) is 11.9. The summed E-state index contributed by atoms with van der Waals surface area (Å²) < 4.78 is 11.9. The van der Waals surface area contributed by atoms with E-state index in [2.05, 4.69) is 90.0 Å². The molecule has 0 radical (unpaired) electrons. The van der Waals surface area contributed by atoms with E-state index in [9.17, 15) is 0 Å². The van der Waals surface area contributed by atoms with Crippen LogP contribution in [0.1, 0.15) is 44.5 Å². The molecule has 0 aliphatic carbocycles. The molecule has 0 spiro atoms. The van der Waals surface area contributed by atoms with Gasteiger partial charge in [0.2, 0.25) is 0 Å². The largest absolute Gasteiger partial charge is 0.489 e. The molecule has 5 aromatic carbocycles. The molecule has 0 saturated carbocycles. The van der Waals surface area contributed by atoms with Gasteiger partial charge in [-0.1, -0.05) is 91.5 Å². The van der Waals surface area contributed by atoms with Crippen molar-refractivity contribution in [1.29, 1.82) is 5.41 Å². The van der Waals surface area contributed by atoms with Gasteiger partial charge >= 0.3 is 0 Å². The number of nitrogens with one attached hydrogen (secondary N) is 3. The highest BCUT2D eigenvalue weighted by Gasteiger charge is 2.04. The molecule has 0 amide bonds. The lowest BCUT2D eigenvalue weighted by Gasteiger charge is -2.11. The van der Waals surface area contributed by atoms with E-state index in [0.29, 0.717) is 25.3 Å². The first kappa shape index (κ1) is 33.2. The van der Waals surface area contributed by atoms with Gasteiger partial charge in [-0.2, -0.15) is 0 Å². The molecule has 0 atom stereocenters. The minimum absolute atomic E-state index is 0.0516. The van der Waals surface area contributed by atoms with Crippen molar-refractivity contribution in [3.05, 3.63) is 172 Å². The number of benzene rings is 5. The number of nitrogen functional groups attached to an aromatic ring is 1. The number of amidine groups is 1. The summed E-state index contributed by atoms with van der Waals surface area (Å²) in [6.45, 7) is 8.55. The molecule has 0 heterocycles. The lowest BCUT2D eigenvalue weighted by molar-refractivity contribution is 0.306. The molecule has 0 fully saturated rings. The van der Waals surface area contributed by atoms with Gasteiger partial charge in [-0.15, -0.1) is 0 Å². The second-order valence-electron chi connectivity index (χ2n) is 11.5. The molecule has 5 rings (SSSR count). The fourth-order valence-corrected chi connectivity index (χ4v) is 5.10. The summed E-state index contributed by atoms with van der Waals surface area (Å²) in [5.74, 6) is 1.63. The molecule has 47 heavy (non-hydrogen) atoms. The number of hydrogen-bond acceptors (Lipinski definition) is 6. The van der Waals surface area contributed by atoms with Crippen LogP contribution in [0.5, 0.6) is 11.5 Å². The molecule has 7 nitrogen and oxygen atoms in total. The highest BCUT2D eigenvalue weighted by Crippen LogP contribution is 2.19. The summed E-state index contributed by atoms with van der Waals surface area (Å²) in [5, 5.41) is 14.6. The maximum absolute atomic E-state index is 7.51. The fourth-order valence-electron chi connectivity index (χ4n) is 5.10. The van der Waals surface area contributed by atoms with Crippen LogP contribution in [0.4, 0.5) is 0 Å². The van der Waals surface area contributed by atoms with Crippen molar-refractivity contribution in [2.75, 3.05) is 6.54 Å². The summed E-state index contributed by atoms with van der Waals surface area (Å²) in [6.07, 6.45) is 0. The highest BCUT2D eigenvalue weighted by molar-refractivity contribution is 5.94. The molecule has 7 heteroatoms. The van der Waals surface area contributed by atoms with E-state index in [1.165, 1.54) is 22.3 Å². The van der Waals surface area contributed by atoms with E-state index in [1.807, 2.05) is 36.4 Å². The van der Waals surface area contributed by atoms with Gasteiger partial charge in [0.1, 0.15) is 30.5 Å². The minimum Gasteiger partial charge on any atom is -0.489 e. The van der Waals surface area contributed by atoms with Gasteiger partial charge in [0.05, 0.1) is 0 Å². The van der Waals surface area contributed by atoms with Crippen LogP contribution >= 0.6 is 0 Å². The number of hydrogen-bond donors (Lipinski definition) is 5. The quantitative estimate of drug-likeness (QED) is 0.0581. The Morgan fingerprint density at radius 3 is 1.38 bits per heavy atom. The summed E-state index contributed by atoms with van der Waals surface area (Å²) in [7, 11) is 0. The first-order chi connectivity index (χ1) is 22.9. The monoisotopic (exact) mass is 625 g/mol. The number of nitrogens with two attached hydrogens (primary N) is 2. The van der Waals surface area contributed by atoms with E-state index in [0.717, 1.165) is 59.9 Å². The normalized spacial score (nSPS) is 10.8. The lowest BCUT2D eigenvalue weighted by Crippen LogP contribution is -2.14. The Bertz CT molecular complexity index is 1750.